The zero-order valence-corrected chi connectivity index (χ0v) is 19.7. The van der Waals surface area contributed by atoms with E-state index in [4.69, 9.17) is 11.6 Å². The third-order valence-corrected chi connectivity index (χ3v) is 8.22. The zero-order valence-electron chi connectivity index (χ0n) is 18.1. The highest BCUT2D eigenvalue weighted by molar-refractivity contribution is 7.91. The number of carbonyl (C=O) groups is 1. The number of hydrogen-bond donors (Lipinski definition) is 1. The molecule has 1 amide bonds. The first-order chi connectivity index (χ1) is 15.4. The van der Waals surface area contributed by atoms with Crippen molar-refractivity contribution in [2.24, 2.45) is 0 Å². The number of nitrogens with one attached hydrogen (secondary N) is 1. The molecular weight excluding hydrogens is 446 g/mol. The van der Waals surface area contributed by atoms with Gasteiger partial charge in [-0.25, -0.2) is 8.42 Å². The highest BCUT2D eigenvalue weighted by atomic mass is 35.5. The molecule has 1 unspecified atom stereocenters. The van der Waals surface area contributed by atoms with Crippen LogP contribution >= 0.6 is 11.6 Å². The number of benzene rings is 2. The minimum absolute atomic E-state index is 0.0355. The topological polar surface area (TPSA) is 69.7 Å². The Morgan fingerprint density at radius 1 is 0.969 bits per heavy atom. The molecule has 0 aliphatic carbocycles. The summed E-state index contributed by atoms with van der Waals surface area (Å²) in [4.78, 5) is 17.7. The van der Waals surface area contributed by atoms with E-state index in [1.165, 1.54) is 5.56 Å². The maximum absolute atomic E-state index is 13.3. The molecule has 2 aromatic rings. The molecule has 1 N–H and O–H groups in total. The van der Waals surface area contributed by atoms with Gasteiger partial charge in [0.1, 0.15) is 6.04 Å². The Balaban J connectivity index is 1.36. The lowest BCUT2D eigenvalue weighted by Gasteiger charge is -2.36. The molecule has 8 heteroatoms. The van der Waals surface area contributed by atoms with Crippen molar-refractivity contribution in [3.8, 4) is 0 Å². The van der Waals surface area contributed by atoms with Crippen LogP contribution in [0.25, 0.3) is 0 Å². The molecule has 0 saturated carbocycles. The van der Waals surface area contributed by atoms with Gasteiger partial charge >= 0.3 is 0 Å². The molecule has 6 nitrogen and oxygen atoms in total. The maximum Gasteiger partial charge on any atom is 0.242 e. The number of amides is 1. The van der Waals surface area contributed by atoms with E-state index in [2.05, 4.69) is 22.3 Å². The number of nitrogens with zero attached hydrogens (tertiary/aromatic N) is 2. The van der Waals surface area contributed by atoms with Crippen molar-refractivity contribution in [1.82, 2.24) is 15.1 Å². The summed E-state index contributed by atoms with van der Waals surface area (Å²) in [5, 5.41) is 4.00. The molecule has 2 aliphatic rings. The summed E-state index contributed by atoms with van der Waals surface area (Å²) < 4.78 is 23.8. The van der Waals surface area contributed by atoms with Crippen LogP contribution in [0.4, 0.5) is 0 Å². The summed E-state index contributed by atoms with van der Waals surface area (Å²) in [6.45, 7) is 3.49. The van der Waals surface area contributed by atoms with Gasteiger partial charge in [0, 0.05) is 43.8 Å². The number of sulfone groups is 1. The number of carbonyl (C=O) groups excluding carboxylic acids is 1. The SMILES string of the molecule is O=C(NC1CCN(Cc2ccc(Cl)cc2)CC1)C(c1ccccc1)N1CCS(=O)(=O)CC1. The molecule has 0 radical (unpaired) electrons. The lowest BCUT2D eigenvalue weighted by molar-refractivity contribution is -0.127. The van der Waals surface area contributed by atoms with Gasteiger partial charge < -0.3 is 5.32 Å². The molecule has 2 aliphatic heterocycles. The number of halogens is 1. The summed E-state index contributed by atoms with van der Waals surface area (Å²) >= 11 is 5.97. The quantitative estimate of drug-likeness (QED) is 0.695. The van der Waals surface area contributed by atoms with Crippen LogP contribution in [0.15, 0.2) is 54.6 Å². The lowest BCUT2D eigenvalue weighted by Crippen LogP contribution is -2.51. The monoisotopic (exact) mass is 475 g/mol. The second kappa shape index (κ2) is 10.3. The third kappa shape index (κ3) is 6.10. The molecular formula is C24H30ClN3O3S. The Morgan fingerprint density at radius 3 is 2.22 bits per heavy atom. The van der Waals surface area contributed by atoms with Gasteiger partial charge in [0.15, 0.2) is 9.84 Å². The van der Waals surface area contributed by atoms with Crippen molar-refractivity contribution < 1.29 is 13.2 Å². The van der Waals surface area contributed by atoms with Gasteiger partial charge in [0.2, 0.25) is 5.91 Å². The predicted molar refractivity (Wildman–Crippen MR) is 127 cm³/mol. The maximum atomic E-state index is 13.3. The molecule has 1 atom stereocenters. The van der Waals surface area contributed by atoms with Gasteiger partial charge in [-0.15, -0.1) is 0 Å². The van der Waals surface area contributed by atoms with E-state index in [-0.39, 0.29) is 23.5 Å². The molecule has 2 aromatic carbocycles. The van der Waals surface area contributed by atoms with Crippen molar-refractivity contribution in [1.29, 1.82) is 0 Å². The van der Waals surface area contributed by atoms with E-state index < -0.39 is 15.9 Å². The normalized spacial score (nSPS) is 21.2. The lowest BCUT2D eigenvalue weighted by atomic mass is 10.0. The summed E-state index contributed by atoms with van der Waals surface area (Å²) in [6.07, 6.45) is 1.80. The molecule has 0 spiro atoms. The first kappa shape index (κ1) is 23.2. The molecule has 2 saturated heterocycles. The average Bonchev–Trinajstić information content (AvgIpc) is 2.79. The second-order valence-electron chi connectivity index (χ2n) is 8.69. The van der Waals surface area contributed by atoms with E-state index in [0.717, 1.165) is 43.1 Å². The summed E-state index contributed by atoms with van der Waals surface area (Å²) in [5.74, 6) is 0.172. The fourth-order valence-electron chi connectivity index (χ4n) is 4.51. The van der Waals surface area contributed by atoms with Gasteiger partial charge in [-0.05, 0) is 36.1 Å². The average molecular weight is 476 g/mol. The fraction of sp³-hybridized carbons (Fsp3) is 0.458. The van der Waals surface area contributed by atoms with Crippen molar-refractivity contribution in [2.45, 2.75) is 31.5 Å². The van der Waals surface area contributed by atoms with Gasteiger partial charge in [0.05, 0.1) is 11.5 Å². The van der Waals surface area contributed by atoms with Crippen LogP contribution in [0.5, 0.6) is 0 Å². The van der Waals surface area contributed by atoms with Crippen LogP contribution in [-0.4, -0.2) is 67.9 Å². The fourth-order valence-corrected chi connectivity index (χ4v) is 5.87. The summed E-state index contributed by atoms with van der Waals surface area (Å²) in [6, 6.07) is 17.3. The minimum atomic E-state index is -3.00. The van der Waals surface area contributed by atoms with E-state index in [9.17, 15) is 13.2 Å². The molecule has 2 heterocycles. The van der Waals surface area contributed by atoms with E-state index >= 15 is 0 Å². The zero-order chi connectivity index (χ0) is 22.6. The molecule has 4 rings (SSSR count). The minimum Gasteiger partial charge on any atom is -0.352 e. The molecule has 2 fully saturated rings. The Labute approximate surface area is 195 Å². The van der Waals surface area contributed by atoms with Crippen LogP contribution in [0.1, 0.15) is 30.0 Å². The Morgan fingerprint density at radius 2 is 1.59 bits per heavy atom. The van der Waals surface area contributed by atoms with Gasteiger partial charge in [-0.1, -0.05) is 54.1 Å². The van der Waals surface area contributed by atoms with Crippen LogP contribution < -0.4 is 5.32 Å². The van der Waals surface area contributed by atoms with Crippen molar-refractivity contribution >= 4 is 27.3 Å². The third-order valence-electron chi connectivity index (χ3n) is 6.36. The molecule has 32 heavy (non-hydrogen) atoms. The standard InChI is InChI=1S/C24H30ClN3O3S/c25-21-8-6-19(7-9-21)18-27-12-10-22(11-13-27)26-24(29)23(20-4-2-1-3-5-20)28-14-16-32(30,31)17-15-28/h1-9,22-23H,10-18H2,(H,26,29). The van der Waals surface area contributed by atoms with Crippen LogP contribution in [0.2, 0.25) is 5.02 Å². The van der Waals surface area contributed by atoms with E-state index in [0.29, 0.717) is 13.1 Å². The molecule has 0 aromatic heterocycles. The first-order valence-corrected chi connectivity index (χ1v) is 13.4. The van der Waals surface area contributed by atoms with E-state index in [1.807, 2.05) is 47.4 Å². The largest absolute Gasteiger partial charge is 0.352 e. The van der Waals surface area contributed by atoms with Crippen LogP contribution in [-0.2, 0) is 21.2 Å². The Kier molecular flexibility index (Phi) is 7.51. The number of hydrogen-bond acceptors (Lipinski definition) is 5. The summed E-state index contributed by atoms with van der Waals surface area (Å²) in [5.41, 5.74) is 2.14. The predicted octanol–water partition coefficient (Wildman–Crippen LogP) is 2.89. The smallest absolute Gasteiger partial charge is 0.242 e. The van der Waals surface area contributed by atoms with Crippen LogP contribution in [0.3, 0.4) is 0 Å². The Bertz CT molecular complexity index is 993. The molecule has 172 valence electrons. The first-order valence-electron chi connectivity index (χ1n) is 11.2. The van der Waals surface area contributed by atoms with Gasteiger partial charge in [-0.3, -0.25) is 14.6 Å². The van der Waals surface area contributed by atoms with Gasteiger partial charge in [0.25, 0.3) is 0 Å². The number of rotatable bonds is 6. The number of likely N-dealkylation sites (tertiary alicyclic amines) is 1. The van der Waals surface area contributed by atoms with Crippen molar-refractivity contribution in [3.63, 3.8) is 0 Å². The van der Waals surface area contributed by atoms with E-state index in [1.54, 1.807) is 0 Å². The van der Waals surface area contributed by atoms with Gasteiger partial charge in [-0.2, -0.15) is 0 Å². The van der Waals surface area contributed by atoms with Crippen molar-refractivity contribution in [2.75, 3.05) is 37.7 Å². The van der Waals surface area contributed by atoms with Crippen LogP contribution in [0, 0.1) is 0 Å². The second-order valence-corrected chi connectivity index (χ2v) is 11.4. The molecule has 0 bridgehead atoms. The van der Waals surface area contributed by atoms with Crippen molar-refractivity contribution in [3.05, 3.63) is 70.7 Å². The highest BCUT2D eigenvalue weighted by Crippen LogP contribution is 2.24. The number of piperidine rings is 1. The Hall–Kier alpha value is -1.93. The highest BCUT2D eigenvalue weighted by Gasteiger charge is 2.33. The summed E-state index contributed by atoms with van der Waals surface area (Å²) in [7, 11) is -3.00.